The van der Waals surface area contributed by atoms with E-state index in [0.29, 0.717) is 29.4 Å². The van der Waals surface area contributed by atoms with Gasteiger partial charge in [-0.1, -0.05) is 36.4 Å². The lowest BCUT2D eigenvalue weighted by atomic mass is 10.0. The third-order valence-electron chi connectivity index (χ3n) is 6.10. The van der Waals surface area contributed by atoms with Gasteiger partial charge in [0, 0.05) is 28.1 Å². The molecule has 13 heteroatoms. The molecule has 0 radical (unpaired) electrons. The lowest BCUT2D eigenvalue weighted by molar-refractivity contribution is 0.0526. The third-order valence-corrected chi connectivity index (χ3v) is 7.47. The van der Waals surface area contributed by atoms with Crippen LogP contribution in [0.1, 0.15) is 17.3 Å². The number of rotatable bonds is 10. The predicted octanol–water partition coefficient (Wildman–Crippen LogP) is 4.83. The molecule has 0 saturated carbocycles. The van der Waals surface area contributed by atoms with Gasteiger partial charge in [0.1, 0.15) is 5.69 Å². The zero-order valence-corrected chi connectivity index (χ0v) is 23.7. The summed E-state index contributed by atoms with van der Waals surface area (Å²) in [5, 5.41) is 13.7. The highest BCUT2D eigenvalue weighted by Gasteiger charge is 2.18. The van der Waals surface area contributed by atoms with Crippen LogP contribution >= 0.6 is 0 Å². The van der Waals surface area contributed by atoms with Crippen LogP contribution in [0.5, 0.6) is 11.9 Å². The Morgan fingerprint density at radius 3 is 2.24 bits per heavy atom. The Labute approximate surface area is 241 Å². The van der Waals surface area contributed by atoms with Crippen LogP contribution in [0.15, 0.2) is 83.8 Å². The van der Waals surface area contributed by atoms with Crippen LogP contribution in [0.3, 0.4) is 0 Å². The molecule has 0 fully saturated rings. The van der Waals surface area contributed by atoms with Crippen molar-refractivity contribution in [3.8, 4) is 23.1 Å². The average Bonchev–Trinajstić information content (AvgIpc) is 3.01. The number of ether oxygens (including phenoxy) is 3. The van der Waals surface area contributed by atoms with Crippen molar-refractivity contribution in [1.29, 1.82) is 0 Å². The number of carbonyl (C=O) groups is 1. The van der Waals surface area contributed by atoms with Crippen LogP contribution in [0.4, 0.5) is 17.3 Å². The van der Waals surface area contributed by atoms with Crippen LogP contribution in [-0.2, 0) is 14.8 Å². The maximum Gasteiger partial charge on any atom is 0.338 e. The lowest BCUT2D eigenvalue weighted by Crippen LogP contribution is -2.14. The van der Waals surface area contributed by atoms with Crippen molar-refractivity contribution in [3.05, 3.63) is 84.4 Å². The normalized spacial score (nSPS) is 11.1. The molecule has 214 valence electrons. The van der Waals surface area contributed by atoms with E-state index >= 15 is 0 Å². The van der Waals surface area contributed by atoms with Crippen molar-refractivity contribution in [2.75, 3.05) is 30.9 Å². The summed E-state index contributed by atoms with van der Waals surface area (Å²) in [5.41, 5.74) is 2.50. The summed E-state index contributed by atoms with van der Waals surface area (Å²) in [4.78, 5) is 20.0. The molecule has 2 heterocycles. The van der Waals surface area contributed by atoms with E-state index in [1.165, 1.54) is 32.4 Å². The molecule has 0 spiro atoms. The van der Waals surface area contributed by atoms with Gasteiger partial charge in [-0.2, -0.15) is 9.97 Å². The summed E-state index contributed by atoms with van der Waals surface area (Å²) >= 11 is 0. The van der Waals surface area contributed by atoms with Crippen molar-refractivity contribution in [3.63, 3.8) is 0 Å². The molecule has 2 aromatic heterocycles. The molecule has 0 aliphatic carbocycles. The zero-order valence-electron chi connectivity index (χ0n) is 22.9. The van der Waals surface area contributed by atoms with Gasteiger partial charge in [-0.15, -0.1) is 10.2 Å². The first-order chi connectivity index (χ1) is 20.3. The molecular weight excluding hydrogens is 560 g/mol. The Morgan fingerprint density at radius 1 is 0.857 bits per heavy atom. The summed E-state index contributed by atoms with van der Waals surface area (Å²) in [6, 6.07) is 22.1. The molecule has 5 aromatic rings. The maximum atomic E-state index is 13.0. The molecule has 42 heavy (non-hydrogen) atoms. The number of benzene rings is 3. The fraction of sp³-hybridized carbons (Fsp3) is 0.138. The number of aromatic nitrogens is 4. The van der Waals surface area contributed by atoms with Crippen LogP contribution in [0.25, 0.3) is 22.0 Å². The van der Waals surface area contributed by atoms with E-state index in [2.05, 4.69) is 30.2 Å². The summed E-state index contributed by atoms with van der Waals surface area (Å²) in [6.45, 7) is 2.06. The van der Waals surface area contributed by atoms with E-state index in [0.717, 1.165) is 16.3 Å². The lowest BCUT2D eigenvalue weighted by Gasteiger charge is -2.12. The predicted molar refractivity (Wildman–Crippen MR) is 157 cm³/mol. The van der Waals surface area contributed by atoms with Gasteiger partial charge in [-0.25, -0.2) is 13.2 Å². The number of anilines is 3. The van der Waals surface area contributed by atoms with Gasteiger partial charge in [0.05, 0.1) is 31.3 Å². The number of sulfonamides is 1. The molecule has 0 amide bonds. The first kappa shape index (κ1) is 28.2. The minimum Gasteiger partial charge on any atom is -0.481 e. The van der Waals surface area contributed by atoms with Gasteiger partial charge in [0.25, 0.3) is 10.0 Å². The molecule has 12 nitrogen and oxygen atoms in total. The van der Waals surface area contributed by atoms with Crippen LogP contribution in [0.2, 0.25) is 0 Å². The molecule has 3 aromatic carbocycles. The smallest absolute Gasteiger partial charge is 0.338 e. The van der Waals surface area contributed by atoms with Crippen molar-refractivity contribution in [2.45, 2.75) is 11.8 Å². The summed E-state index contributed by atoms with van der Waals surface area (Å²) < 4.78 is 43.5. The third kappa shape index (κ3) is 6.05. The number of nitrogens with one attached hydrogen (secondary N) is 2. The monoisotopic (exact) mass is 586 g/mol. The molecule has 0 aliphatic rings. The van der Waals surface area contributed by atoms with Crippen LogP contribution in [0, 0.1) is 0 Å². The Kier molecular flexibility index (Phi) is 8.11. The highest BCUT2D eigenvalue weighted by Crippen LogP contribution is 2.31. The van der Waals surface area contributed by atoms with Gasteiger partial charge in [0.15, 0.2) is 11.6 Å². The molecule has 2 N–H and O–H groups in total. The molecule has 0 atom stereocenters. The van der Waals surface area contributed by atoms with Crippen LogP contribution in [-0.4, -0.2) is 55.4 Å². The summed E-state index contributed by atoms with van der Waals surface area (Å²) in [7, 11) is -1.21. The second-order valence-electron chi connectivity index (χ2n) is 8.78. The van der Waals surface area contributed by atoms with E-state index in [4.69, 9.17) is 14.2 Å². The number of nitrogens with zero attached hydrogens (tertiary/aromatic N) is 4. The molecule has 0 saturated heterocycles. The van der Waals surface area contributed by atoms with Gasteiger partial charge in [-0.05, 0) is 43.3 Å². The first-order valence-electron chi connectivity index (χ1n) is 12.7. The van der Waals surface area contributed by atoms with E-state index in [9.17, 15) is 13.2 Å². The number of hydrogen-bond acceptors (Lipinski definition) is 11. The standard InChI is InChI=1S/C29H26N6O6S/c1-4-41-28(36)19-11-9-18(10-12-19)26-22-7-5-6-8-23(22)27(34-33-26)30-20-13-15-21(16-14-20)42(37,38)35-24-17-25(39-2)32-29(31-24)40-3/h5-17H,4H2,1-3H3,(H,30,34)(H,31,32,35). The maximum absolute atomic E-state index is 13.0. The molecular formula is C29H26N6O6S. The number of carbonyl (C=O) groups excluding carboxylic acids is 1. The highest BCUT2D eigenvalue weighted by molar-refractivity contribution is 7.92. The van der Waals surface area contributed by atoms with Gasteiger partial charge >= 0.3 is 12.0 Å². The first-order valence-corrected chi connectivity index (χ1v) is 14.2. The van der Waals surface area contributed by atoms with Gasteiger partial charge in [0.2, 0.25) is 5.88 Å². The van der Waals surface area contributed by atoms with Gasteiger partial charge < -0.3 is 19.5 Å². The molecule has 0 bridgehead atoms. The van der Waals surface area contributed by atoms with E-state index in [-0.39, 0.29) is 28.6 Å². The number of hydrogen-bond donors (Lipinski definition) is 2. The number of methoxy groups -OCH3 is 2. The van der Waals surface area contributed by atoms with E-state index in [1.807, 2.05) is 24.3 Å². The van der Waals surface area contributed by atoms with E-state index < -0.39 is 10.0 Å². The molecule has 0 aliphatic heterocycles. The Morgan fingerprint density at radius 2 is 1.57 bits per heavy atom. The summed E-state index contributed by atoms with van der Waals surface area (Å²) in [5.74, 6) is 0.250. The van der Waals surface area contributed by atoms with E-state index in [1.54, 1.807) is 43.3 Å². The highest BCUT2D eigenvalue weighted by atomic mass is 32.2. The SMILES string of the molecule is CCOC(=O)c1ccc(-c2nnc(Nc3ccc(S(=O)(=O)Nc4cc(OC)nc(OC)n4)cc3)c3ccccc23)cc1. The average molecular weight is 587 g/mol. The zero-order chi connectivity index (χ0) is 29.7. The summed E-state index contributed by atoms with van der Waals surface area (Å²) in [6.07, 6.45) is 0. The number of fused-ring (bicyclic) bond motifs is 1. The van der Waals surface area contributed by atoms with Crippen molar-refractivity contribution in [2.24, 2.45) is 0 Å². The minimum atomic E-state index is -3.97. The minimum absolute atomic E-state index is 0.00160. The quantitative estimate of drug-likeness (QED) is 0.216. The molecule has 5 rings (SSSR count). The van der Waals surface area contributed by atoms with Crippen molar-refractivity contribution in [1.82, 2.24) is 20.2 Å². The fourth-order valence-electron chi connectivity index (χ4n) is 4.09. The Hall–Kier alpha value is -5.30. The van der Waals surface area contributed by atoms with Crippen molar-refractivity contribution < 1.29 is 27.4 Å². The Bertz CT molecular complexity index is 1830. The fourth-order valence-corrected chi connectivity index (χ4v) is 5.08. The second kappa shape index (κ2) is 12.1. The Balaban J connectivity index is 1.38. The topological polar surface area (TPSA) is 155 Å². The largest absolute Gasteiger partial charge is 0.481 e. The second-order valence-corrected chi connectivity index (χ2v) is 10.5. The van der Waals surface area contributed by atoms with Crippen LogP contribution < -0.4 is 19.5 Å². The van der Waals surface area contributed by atoms with Crippen molar-refractivity contribution >= 4 is 44.1 Å². The number of esters is 1. The van der Waals surface area contributed by atoms with Gasteiger partial charge in [-0.3, -0.25) is 4.72 Å². The molecule has 0 unspecified atom stereocenters.